The third-order valence-electron chi connectivity index (χ3n) is 2.55. The SMILES string of the molecule is CCOC(=O)N1C2CCCC21. The van der Waals surface area contributed by atoms with Crippen molar-refractivity contribution in [1.82, 2.24) is 4.90 Å². The Hall–Kier alpha value is -0.730. The molecule has 2 fully saturated rings. The molecular formula is C8H13NO2. The number of carbonyl (C=O) groups is 1. The maximum absolute atomic E-state index is 11.1. The Morgan fingerprint density at radius 1 is 1.55 bits per heavy atom. The van der Waals surface area contributed by atoms with Gasteiger partial charge in [-0.2, -0.15) is 0 Å². The van der Waals surface area contributed by atoms with Crippen molar-refractivity contribution in [3.8, 4) is 0 Å². The maximum Gasteiger partial charge on any atom is 0.410 e. The summed E-state index contributed by atoms with van der Waals surface area (Å²) >= 11 is 0. The van der Waals surface area contributed by atoms with Crippen LogP contribution in [0.2, 0.25) is 0 Å². The van der Waals surface area contributed by atoms with Crippen LogP contribution in [-0.2, 0) is 4.74 Å². The molecule has 1 aliphatic heterocycles. The highest BCUT2D eigenvalue weighted by molar-refractivity contribution is 5.72. The van der Waals surface area contributed by atoms with Crippen LogP contribution in [0.1, 0.15) is 26.2 Å². The van der Waals surface area contributed by atoms with Gasteiger partial charge < -0.3 is 4.74 Å². The van der Waals surface area contributed by atoms with E-state index in [-0.39, 0.29) is 6.09 Å². The van der Waals surface area contributed by atoms with Crippen molar-refractivity contribution < 1.29 is 9.53 Å². The van der Waals surface area contributed by atoms with Crippen LogP contribution in [0, 0.1) is 0 Å². The van der Waals surface area contributed by atoms with Crippen molar-refractivity contribution in [2.75, 3.05) is 6.61 Å². The van der Waals surface area contributed by atoms with Crippen LogP contribution < -0.4 is 0 Å². The molecule has 0 spiro atoms. The van der Waals surface area contributed by atoms with Gasteiger partial charge in [0.15, 0.2) is 0 Å². The van der Waals surface area contributed by atoms with Crippen molar-refractivity contribution in [2.24, 2.45) is 0 Å². The van der Waals surface area contributed by atoms with Gasteiger partial charge in [-0.15, -0.1) is 0 Å². The summed E-state index contributed by atoms with van der Waals surface area (Å²) < 4.78 is 4.89. The number of carbonyl (C=O) groups excluding carboxylic acids is 1. The Kier molecular flexibility index (Phi) is 1.51. The summed E-state index contributed by atoms with van der Waals surface area (Å²) in [5, 5.41) is 0. The van der Waals surface area contributed by atoms with E-state index in [1.807, 2.05) is 11.8 Å². The molecule has 1 amide bonds. The molecule has 2 atom stereocenters. The summed E-state index contributed by atoms with van der Waals surface area (Å²) in [7, 11) is 0. The summed E-state index contributed by atoms with van der Waals surface area (Å²) in [5.74, 6) is 0. The molecule has 0 aromatic carbocycles. The lowest BCUT2D eigenvalue weighted by atomic mass is 10.3. The topological polar surface area (TPSA) is 29.3 Å². The Bertz CT molecular complexity index is 171. The Labute approximate surface area is 66.3 Å². The van der Waals surface area contributed by atoms with Gasteiger partial charge in [-0.25, -0.2) is 4.79 Å². The van der Waals surface area contributed by atoms with Crippen LogP contribution in [0.3, 0.4) is 0 Å². The lowest BCUT2D eigenvalue weighted by Gasteiger charge is -2.06. The number of likely N-dealkylation sites (tertiary alicyclic amines) is 1. The summed E-state index contributed by atoms with van der Waals surface area (Å²) in [6.07, 6.45) is 3.54. The van der Waals surface area contributed by atoms with E-state index in [9.17, 15) is 4.79 Å². The standard InChI is InChI=1S/C8H13NO2/c1-2-11-8(10)9-6-4-3-5-7(6)9/h6-7H,2-5H2,1H3. The van der Waals surface area contributed by atoms with Gasteiger partial charge in [-0.05, 0) is 26.2 Å². The van der Waals surface area contributed by atoms with Crippen LogP contribution in [0.15, 0.2) is 0 Å². The minimum Gasteiger partial charge on any atom is -0.450 e. The molecule has 1 saturated carbocycles. The fourth-order valence-corrected chi connectivity index (χ4v) is 2.00. The van der Waals surface area contributed by atoms with Crippen LogP contribution in [0.5, 0.6) is 0 Å². The summed E-state index contributed by atoms with van der Waals surface area (Å²) in [5.41, 5.74) is 0. The van der Waals surface area contributed by atoms with Gasteiger partial charge in [0.05, 0.1) is 18.7 Å². The predicted octanol–water partition coefficient (Wildman–Crippen LogP) is 1.38. The predicted molar refractivity (Wildman–Crippen MR) is 40.3 cm³/mol. The third-order valence-corrected chi connectivity index (χ3v) is 2.55. The largest absolute Gasteiger partial charge is 0.450 e. The number of hydrogen-bond acceptors (Lipinski definition) is 2. The van der Waals surface area contributed by atoms with Gasteiger partial charge >= 0.3 is 6.09 Å². The summed E-state index contributed by atoms with van der Waals surface area (Å²) in [6, 6.07) is 1.07. The maximum atomic E-state index is 11.1. The average molecular weight is 155 g/mol. The molecule has 1 saturated heterocycles. The van der Waals surface area contributed by atoms with E-state index in [4.69, 9.17) is 4.74 Å². The van der Waals surface area contributed by atoms with Crippen LogP contribution in [0.4, 0.5) is 4.79 Å². The van der Waals surface area contributed by atoms with Gasteiger partial charge in [0, 0.05) is 0 Å². The molecule has 3 nitrogen and oxygen atoms in total. The first-order valence-corrected chi connectivity index (χ1v) is 4.29. The quantitative estimate of drug-likeness (QED) is 0.535. The van der Waals surface area contributed by atoms with Gasteiger partial charge in [-0.1, -0.05) is 0 Å². The van der Waals surface area contributed by atoms with E-state index in [1.54, 1.807) is 0 Å². The molecule has 0 aromatic heterocycles. The van der Waals surface area contributed by atoms with E-state index in [0.29, 0.717) is 18.7 Å². The van der Waals surface area contributed by atoms with Crippen molar-refractivity contribution >= 4 is 6.09 Å². The van der Waals surface area contributed by atoms with Crippen LogP contribution in [-0.4, -0.2) is 29.7 Å². The number of rotatable bonds is 1. The Morgan fingerprint density at radius 2 is 2.18 bits per heavy atom. The first-order valence-electron chi connectivity index (χ1n) is 4.29. The van der Waals surface area contributed by atoms with Crippen molar-refractivity contribution in [3.63, 3.8) is 0 Å². The lowest BCUT2D eigenvalue weighted by molar-refractivity contribution is 0.130. The lowest BCUT2D eigenvalue weighted by Crippen LogP contribution is -2.17. The number of hydrogen-bond donors (Lipinski definition) is 0. The van der Waals surface area contributed by atoms with E-state index in [1.165, 1.54) is 19.3 Å². The van der Waals surface area contributed by atoms with E-state index < -0.39 is 0 Å². The fourth-order valence-electron chi connectivity index (χ4n) is 2.00. The molecule has 62 valence electrons. The molecule has 2 unspecified atom stereocenters. The third kappa shape index (κ3) is 0.988. The number of ether oxygens (including phenoxy) is 1. The molecule has 1 heterocycles. The molecule has 11 heavy (non-hydrogen) atoms. The van der Waals surface area contributed by atoms with Crippen molar-refractivity contribution in [2.45, 2.75) is 38.3 Å². The monoisotopic (exact) mass is 155 g/mol. The molecule has 0 aromatic rings. The Morgan fingerprint density at radius 3 is 2.73 bits per heavy atom. The van der Waals surface area contributed by atoms with Gasteiger partial charge in [-0.3, -0.25) is 4.90 Å². The Balaban J connectivity index is 1.85. The zero-order valence-corrected chi connectivity index (χ0v) is 6.75. The first kappa shape index (κ1) is 6.95. The second-order valence-corrected chi connectivity index (χ2v) is 3.17. The second-order valence-electron chi connectivity index (χ2n) is 3.17. The zero-order chi connectivity index (χ0) is 7.84. The highest BCUT2D eigenvalue weighted by Crippen LogP contribution is 2.42. The summed E-state index contributed by atoms with van der Waals surface area (Å²) in [6.45, 7) is 2.34. The minimum absolute atomic E-state index is 0.109. The number of fused-ring (bicyclic) bond motifs is 1. The minimum atomic E-state index is -0.109. The normalized spacial score (nSPS) is 33.4. The summed E-state index contributed by atoms with van der Waals surface area (Å²) in [4.78, 5) is 13.0. The number of amides is 1. The fraction of sp³-hybridized carbons (Fsp3) is 0.875. The molecule has 0 radical (unpaired) electrons. The first-order chi connectivity index (χ1) is 5.34. The van der Waals surface area contributed by atoms with Crippen LogP contribution >= 0.6 is 0 Å². The van der Waals surface area contributed by atoms with Crippen molar-refractivity contribution in [3.05, 3.63) is 0 Å². The molecule has 1 aliphatic carbocycles. The molecule has 2 rings (SSSR count). The highest BCUT2D eigenvalue weighted by atomic mass is 16.6. The van der Waals surface area contributed by atoms with Gasteiger partial charge in [0.1, 0.15) is 0 Å². The van der Waals surface area contributed by atoms with Crippen LogP contribution in [0.25, 0.3) is 0 Å². The van der Waals surface area contributed by atoms with Crippen molar-refractivity contribution in [1.29, 1.82) is 0 Å². The molecule has 3 heteroatoms. The van der Waals surface area contributed by atoms with E-state index in [0.717, 1.165) is 0 Å². The average Bonchev–Trinajstić information content (AvgIpc) is 2.47. The smallest absolute Gasteiger partial charge is 0.410 e. The van der Waals surface area contributed by atoms with Gasteiger partial charge in [0.2, 0.25) is 0 Å². The molecule has 2 aliphatic rings. The van der Waals surface area contributed by atoms with E-state index >= 15 is 0 Å². The molecule has 0 bridgehead atoms. The second kappa shape index (κ2) is 2.40. The van der Waals surface area contributed by atoms with Gasteiger partial charge in [0.25, 0.3) is 0 Å². The highest BCUT2D eigenvalue weighted by Gasteiger charge is 2.54. The zero-order valence-electron chi connectivity index (χ0n) is 6.75. The number of nitrogens with zero attached hydrogens (tertiary/aromatic N) is 1. The number of piperidine rings is 1. The molecule has 0 N–H and O–H groups in total. The van der Waals surface area contributed by atoms with E-state index in [2.05, 4.69) is 0 Å². The molecular weight excluding hydrogens is 142 g/mol.